The van der Waals surface area contributed by atoms with Crippen molar-refractivity contribution in [2.75, 3.05) is 18.6 Å². The minimum absolute atomic E-state index is 0.517. The van der Waals surface area contributed by atoms with Crippen LogP contribution in [-0.2, 0) is 6.42 Å². The highest BCUT2D eigenvalue weighted by Gasteiger charge is 2.29. The fourth-order valence-electron chi connectivity index (χ4n) is 3.04. The molecule has 2 nitrogen and oxygen atoms in total. The normalized spacial score (nSPS) is 24.1. The highest BCUT2D eigenvalue weighted by molar-refractivity contribution is 8.07. The maximum atomic E-state index is 4.47. The molecule has 1 aliphatic heterocycles. The van der Waals surface area contributed by atoms with E-state index >= 15 is 0 Å². The molecule has 1 aliphatic rings. The topological polar surface area (TPSA) is 24.9 Å². The highest BCUT2D eigenvalue weighted by Crippen LogP contribution is 2.34. The number of aromatic nitrogens is 1. The molecule has 4 heteroatoms. The number of para-hydroxylation sites is 1. The lowest BCUT2D eigenvalue weighted by molar-refractivity contribution is 0.532. The van der Waals surface area contributed by atoms with Gasteiger partial charge in [-0.1, -0.05) is 25.1 Å². The lowest BCUT2D eigenvalue weighted by Crippen LogP contribution is -2.44. The van der Waals surface area contributed by atoms with Crippen molar-refractivity contribution in [3.8, 4) is 0 Å². The van der Waals surface area contributed by atoms with Gasteiger partial charge in [-0.2, -0.15) is 23.5 Å². The average Bonchev–Trinajstić information content (AvgIpc) is 2.53. The summed E-state index contributed by atoms with van der Waals surface area (Å²) in [6, 6.07) is 11.2. The van der Waals surface area contributed by atoms with Crippen LogP contribution >= 0.6 is 23.5 Å². The minimum Gasteiger partial charge on any atom is -0.316 e. The van der Waals surface area contributed by atoms with Crippen LogP contribution < -0.4 is 5.32 Å². The lowest BCUT2D eigenvalue weighted by atomic mass is 9.98. The molecule has 3 rings (SSSR count). The first-order valence-corrected chi connectivity index (χ1v) is 9.62. The SMILES string of the molecule is CNC(Cc1ccnc2ccccc12)C1SCCSC1C. The second kappa shape index (κ2) is 7.03. The largest absolute Gasteiger partial charge is 0.316 e. The molecular weight excluding hydrogens is 296 g/mol. The van der Waals surface area contributed by atoms with Crippen LogP contribution in [0.15, 0.2) is 36.5 Å². The number of rotatable bonds is 4. The van der Waals surface area contributed by atoms with Gasteiger partial charge in [-0.05, 0) is 31.2 Å². The molecule has 2 heterocycles. The first-order valence-electron chi connectivity index (χ1n) is 7.52. The molecule has 2 aromatic rings. The van der Waals surface area contributed by atoms with Gasteiger partial charge in [0.05, 0.1) is 5.52 Å². The van der Waals surface area contributed by atoms with Gasteiger partial charge in [0.15, 0.2) is 0 Å². The van der Waals surface area contributed by atoms with Gasteiger partial charge in [0.25, 0.3) is 0 Å². The molecule has 21 heavy (non-hydrogen) atoms. The third kappa shape index (κ3) is 3.38. The maximum Gasteiger partial charge on any atom is 0.0704 e. The van der Waals surface area contributed by atoms with Gasteiger partial charge < -0.3 is 5.32 Å². The molecule has 3 atom stereocenters. The van der Waals surface area contributed by atoms with Gasteiger partial charge in [-0.3, -0.25) is 4.98 Å². The Labute approximate surface area is 135 Å². The molecule has 0 spiro atoms. The van der Waals surface area contributed by atoms with E-state index in [1.54, 1.807) is 0 Å². The van der Waals surface area contributed by atoms with Crippen molar-refractivity contribution in [2.24, 2.45) is 0 Å². The molecule has 1 fully saturated rings. The quantitative estimate of drug-likeness (QED) is 0.931. The number of hydrogen-bond donors (Lipinski definition) is 1. The van der Waals surface area contributed by atoms with E-state index in [0.29, 0.717) is 16.5 Å². The van der Waals surface area contributed by atoms with E-state index in [2.05, 4.69) is 78.1 Å². The first kappa shape index (κ1) is 15.2. The van der Waals surface area contributed by atoms with Crippen LogP contribution in [0.1, 0.15) is 12.5 Å². The molecule has 0 amide bonds. The first-order chi connectivity index (χ1) is 10.3. The average molecular weight is 319 g/mol. The van der Waals surface area contributed by atoms with E-state index in [4.69, 9.17) is 0 Å². The van der Waals surface area contributed by atoms with Crippen molar-refractivity contribution in [3.05, 3.63) is 42.1 Å². The number of thioether (sulfide) groups is 2. The van der Waals surface area contributed by atoms with E-state index in [9.17, 15) is 0 Å². The number of pyridine rings is 1. The van der Waals surface area contributed by atoms with E-state index < -0.39 is 0 Å². The van der Waals surface area contributed by atoms with Gasteiger partial charge in [0.1, 0.15) is 0 Å². The van der Waals surface area contributed by atoms with Gasteiger partial charge in [0, 0.05) is 39.6 Å². The Morgan fingerprint density at radius 2 is 2.05 bits per heavy atom. The van der Waals surface area contributed by atoms with Crippen LogP contribution in [0.4, 0.5) is 0 Å². The van der Waals surface area contributed by atoms with Crippen molar-refractivity contribution < 1.29 is 0 Å². The molecule has 0 saturated carbocycles. The highest BCUT2D eigenvalue weighted by atomic mass is 32.2. The molecule has 3 unspecified atom stereocenters. The van der Waals surface area contributed by atoms with E-state index in [-0.39, 0.29) is 0 Å². The standard InChI is InChI=1S/C17H22N2S2/c1-12-17(21-10-9-20-12)16(18-2)11-13-7-8-19-15-6-4-3-5-14(13)15/h3-8,12,16-18H,9-11H2,1-2H3. The van der Waals surface area contributed by atoms with Gasteiger partial charge >= 0.3 is 0 Å². The lowest BCUT2D eigenvalue weighted by Gasteiger charge is -2.34. The molecular formula is C17H22N2S2. The predicted octanol–water partition coefficient (Wildman–Crippen LogP) is 3.60. The summed E-state index contributed by atoms with van der Waals surface area (Å²) in [7, 11) is 2.10. The van der Waals surface area contributed by atoms with Gasteiger partial charge in [0.2, 0.25) is 0 Å². The van der Waals surface area contributed by atoms with Crippen molar-refractivity contribution in [3.63, 3.8) is 0 Å². The summed E-state index contributed by atoms with van der Waals surface area (Å²) in [5.41, 5.74) is 2.51. The van der Waals surface area contributed by atoms with Crippen molar-refractivity contribution in [2.45, 2.75) is 29.9 Å². The Morgan fingerprint density at radius 3 is 2.86 bits per heavy atom. The van der Waals surface area contributed by atoms with Crippen LogP contribution in [-0.4, -0.2) is 40.1 Å². The molecule has 1 aromatic carbocycles. The molecule has 1 N–H and O–H groups in total. The van der Waals surface area contributed by atoms with E-state index in [0.717, 1.165) is 11.9 Å². The molecule has 1 aromatic heterocycles. The Bertz CT molecular complexity index is 597. The zero-order chi connectivity index (χ0) is 14.7. The summed E-state index contributed by atoms with van der Waals surface area (Å²) < 4.78 is 0. The zero-order valence-corrected chi connectivity index (χ0v) is 14.2. The Hall–Kier alpha value is -0.710. The summed E-state index contributed by atoms with van der Waals surface area (Å²) in [5, 5.41) is 6.25. The van der Waals surface area contributed by atoms with Crippen LogP contribution in [0.3, 0.4) is 0 Å². The second-order valence-electron chi connectivity index (χ2n) is 5.50. The van der Waals surface area contributed by atoms with Crippen molar-refractivity contribution >= 4 is 34.4 Å². The number of benzene rings is 1. The van der Waals surface area contributed by atoms with Crippen LogP contribution in [0.2, 0.25) is 0 Å². The van der Waals surface area contributed by atoms with Crippen LogP contribution in [0.5, 0.6) is 0 Å². The van der Waals surface area contributed by atoms with Crippen LogP contribution in [0.25, 0.3) is 10.9 Å². The fourth-order valence-corrected chi connectivity index (χ4v) is 6.04. The summed E-state index contributed by atoms with van der Waals surface area (Å²) in [6.45, 7) is 2.37. The van der Waals surface area contributed by atoms with E-state index in [1.165, 1.54) is 22.5 Å². The number of hydrogen-bond acceptors (Lipinski definition) is 4. The van der Waals surface area contributed by atoms with E-state index in [1.807, 2.05) is 6.20 Å². The maximum absolute atomic E-state index is 4.47. The Morgan fingerprint density at radius 1 is 1.24 bits per heavy atom. The molecule has 0 bridgehead atoms. The Kier molecular flexibility index (Phi) is 5.09. The molecule has 0 radical (unpaired) electrons. The monoisotopic (exact) mass is 318 g/mol. The second-order valence-corrected chi connectivity index (χ2v) is 8.27. The number of nitrogens with zero attached hydrogens (tertiary/aromatic N) is 1. The zero-order valence-electron chi connectivity index (χ0n) is 12.6. The number of likely N-dealkylation sites (N-methyl/N-ethyl adjacent to an activating group) is 1. The van der Waals surface area contributed by atoms with Crippen molar-refractivity contribution in [1.82, 2.24) is 10.3 Å². The molecule has 1 saturated heterocycles. The van der Waals surface area contributed by atoms with Crippen molar-refractivity contribution in [1.29, 1.82) is 0 Å². The summed E-state index contributed by atoms with van der Waals surface area (Å²) in [5.74, 6) is 2.56. The van der Waals surface area contributed by atoms with Crippen LogP contribution in [0, 0.1) is 0 Å². The third-order valence-electron chi connectivity index (χ3n) is 4.18. The summed E-state index contributed by atoms with van der Waals surface area (Å²) >= 11 is 4.24. The summed E-state index contributed by atoms with van der Waals surface area (Å²) in [4.78, 5) is 4.47. The smallest absolute Gasteiger partial charge is 0.0704 e. The third-order valence-corrected chi connectivity index (χ3v) is 7.43. The van der Waals surface area contributed by atoms with Gasteiger partial charge in [-0.15, -0.1) is 0 Å². The van der Waals surface area contributed by atoms with Gasteiger partial charge in [-0.25, -0.2) is 0 Å². The minimum atomic E-state index is 0.517. The predicted molar refractivity (Wildman–Crippen MR) is 96.5 cm³/mol. The Balaban J connectivity index is 1.85. The summed E-state index contributed by atoms with van der Waals surface area (Å²) in [6.07, 6.45) is 3.01. The number of nitrogens with one attached hydrogen (secondary N) is 1. The molecule has 112 valence electrons. The molecule has 0 aliphatic carbocycles. The number of fused-ring (bicyclic) bond motifs is 1. The fraction of sp³-hybridized carbons (Fsp3) is 0.471.